The van der Waals surface area contributed by atoms with E-state index in [1.807, 2.05) is 0 Å². The quantitative estimate of drug-likeness (QED) is 0.106. The molecule has 1 aromatic rings. The fourth-order valence-electron chi connectivity index (χ4n) is 4.30. The smallest absolute Gasteiger partial charge is 0.475 e. The number of aromatic nitrogens is 2. The van der Waals surface area contributed by atoms with Crippen molar-refractivity contribution in [3.63, 3.8) is 0 Å². The SMILES string of the molecule is CC(=O)N[C@H]1[C@H]([C@H](O)[C@H](O)CF)O[C@](OP(=O)(O)OC[C@H]2O[C@@H](n3ccc(N)nc3=O)[C@H](O)[C@@H]2O)(C(=O)O)C[C@@H]1O. The molecule has 10 N–H and O–H groups in total. The largest absolute Gasteiger partial charge is 0.477 e. The lowest BCUT2D eigenvalue weighted by Gasteiger charge is -2.46. The number of aliphatic hydroxyl groups excluding tert-OH is 5. The van der Waals surface area contributed by atoms with Crippen LogP contribution in [0, 0.1) is 0 Å². The van der Waals surface area contributed by atoms with Crippen molar-refractivity contribution in [3.8, 4) is 0 Å². The van der Waals surface area contributed by atoms with Crippen molar-refractivity contribution < 1.29 is 72.6 Å². The molecule has 232 valence electrons. The topological polar surface area (TPSA) is 303 Å². The minimum Gasteiger partial charge on any atom is -0.477 e. The summed E-state index contributed by atoms with van der Waals surface area (Å²) in [5.41, 5.74) is 4.45. The van der Waals surface area contributed by atoms with Crippen molar-refractivity contribution in [2.45, 2.75) is 74.1 Å². The molecule has 1 unspecified atom stereocenters. The zero-order valence-corrected chi connectivity index (χ0v) is 22.1. The van der Waals surface area contributed by atoms with Gasteiger partial charge in [-0.2, -0.15) is 4.98 Å². The average Bonchev–Trinajstić information content (AvgIpc) is 3.16. The van der Waals surface area contributed by atoms with Crippen molar-refractivity contribution in [1.82, 2.24) is 14.9 Å². The minimum atomic E-state index is -5.54. The van der Waals surface area contributed by atoms with Crippen LogP contribution in [0.4, 0.5) is 10.2 Å². The maximum Gasteiger partial charge on any atom is 0.475 e. The first kappa shape index (κ1) is 32.9. The van der Waals surface area contributed by atoms with Gasteiger partial charge in [-0.05, 0) is 6.07 Å². The molecule has 0 radical (unpaired) electrons. The molecule has 2 fully saturated rings. The van der Waals surface area contributed by atoms with Crippen LogP contribution in [0.1, 0.15) is 19.6 Å². The van der Waals surface area contributed by atoms with Crippen LogP contribution in [0.2, 0.25) is 0 Å². The van der Waals surface area contributed by atoms with Gasteiger partial charge in [0.05, 0.1) is 18.8 Å². The minimum absolute atomic E-state index is 0.141. The maximum atomic E-state index is 13.0. The first-order valence-electron chi connectivity index (χ1n) is 11.8. The molecule has 3 heterocycles. The number of carbonyl (C=O) groups is 2. The Morgan fingerprint density at radius 2 is 2.00 bits per heavy atom. The molecule has 2 saturated heterocycles. The number of carboxylic acids is 1. The maximum absolute atomic E-state index is 13.0. The van der Waals surface area contributed by atoms with Crippen LogP contribution in [-0.4, -0.2) is 125 Å². The van der Waals surface area contributed by atoms with Gasteiger partial charge in [0, 0.05) is 19.5 Å². The van der Waals surface area contributed by atoms with Gasteiger partial charge in [0.15, 0.2) is 6.23 Å². The second kappa shape index (κ2) is 12.7. The highest BCUT2D eigenvalue weighted by Crippen LogP contribution is 2.51. The first-order chi connectivity index (χ1) is 19.0. The molecule has 0 aliphatic carbocycles. The summed E-state index contributed by atoms with van der Waals surface area (Å²) < 4.78 is 46.6. The Labute approximate surface area is 229 Å². The summed E-state index contributed by atoms with van der Waals surface area (Å²) in [6.45, 7) is -1.59. The van der Waals surface area contributed by atoms with E-state index in [0.29, 0.717) is 0 Å². The number of amides is 1. The van der Waals surface area contributed by atoms with Crippen LogP contribution in [0.5, 0.6) is 0 Å². The van der Waals surface area contributed by atoms with Gasteiger partial charge in [0.25, 0.3) is 5.79 Å². The molecule has 41 heavy (non-hydrogen) atoms. The molecule has 0 saturated carbocycles. The van der Waals surface area contributed by atoms with Gasteiger partial charge in [-0.25, -0.2) is 23.1 Å². The number of carboxylic acid groups (broad SMARTS) is 1. The number of halogens is 1. The fourth-order valence-corrected chi connectivity index (χ4v) is 5.26. The third kappa shape index (κ3) is 7.24. The number of rotatable bonds is 11. The van der Waals surface area contributed by atoms with E-state index in [0.717, 1.165) is 17.7 Å². The Morgan fingerprint density at radius 3 is 2.56 bits per heavy atom. The lowest BCUT2D eigenvalue weighted by Crippen LogP contribution is -2.67. The molecule has 21 heteroatoms. The number of alkyl halides is 1. The van der Waals surface area contributed by atoms with Crippen LogP contribution in [0.3, 0.4) is 0 Å². The van der Waals surface area contributed by atoms with Gasteiger partial charge in [0.1, 0.15) is 49.1 Å². The van der Waals surface area contributed by atoms with Gasteiger partial charge in [-0.3, -0.25) is 13.9 Å². The van der Waals surface area contributed by atoms with Crippen molar-refractivity contribution in [2.75, 3.05) is 19.0 Å². The monoisotopic (exact) mass is 616 g/mol. The summed E-state index contributed by atoms with van der Waals surface area (Å²) in [7, 11) is -5.54. The standard InChI is InChI=1S/C20H30FN4O15P/c1-7(26)23-12-8(27)4-20(18(32)33,39-16(12)13(29)9(28)5-21)40-41(35,36)37-6-10-14(30)15(31)17(38-10)25-3-2-11(22)24-19(25)34/h2-3,8-10,12-17,27-31H,4-6H2,1H3,(H,23,26)(H,32,33)(H,35,36)(H2,22,24,34)/t8-,9+,10+,12+,13+,14+,15+,16+,17+,20+/m0/s1. The molecule has 2 aliphatic heterocycles. The lowest BCUT2D eigenvalue weighted by atomic mass is 9.88. The summed E-state index contributed by atoms with van der Waals surface area (Å²) in [6.07, 6.45) is -15.2. The number of nitrogens with zero attached hydrogens (tertiary/aromatic N) is 2. The second-order valence-electron chi connectivity index (χ2n) is 9.29. The van der Waals surface area contributed by atoms with E-state index in [2.05, 4.69) is 10.3 Å². The average molecular weight is 616 g/mol. The second-order valence-corrected chi connectivity index (χ2v) is 10.7. The normalized spacial score (nSPS) is 34.9. The Hall–Kier alpha value is -2.62. The highest BCUT2D eigenvalue weighted by Gasteiger charge is 2.59. The van der Waals surface area contributed by atoms with E-state index in [4.69, 9.17) is 24.3 Å². The highest BCUT2D eigenvalue weighted by atomic mass is 31.2. The number of phosphoric acid groups is 1. The Kier molecular flexibility index (Phi) is 10.2. The Morgan fingerprint density at radius 1 is 1.34 bits per heavy atom. The molecule has 1 aromatic heterocycles. The number of aliphatic carboxylic acids is 1. The number of anilines is 1. The number of aliphatic hydroxyl groups is 5. The van der Waals surface area contributed by atoms with Gasteiger partial charge in [-0.15, -0.1) is 0 Å². The molecule has 3 rings (SSSR count). The summed E-state index contributed by atoms with van der Waals surface area (Å²) in [5, 5.41) is 63.2. The van der Waals surface area contributed by atoms with E-state index >= 15 is 0 Å². The molecule has 11 atom stereocenters. The summed E-state index contributed by atoms with van der Waals surface area (Å²) in [6, 6.07) is -0.425. The molecule has 0 spiro atoms. The predicted octanol–water partition coefficient (Wildman–Crippen LogP) is -4.29. The van der Waals surface area contributed by atoms with Gasteiger partial charge in [0.2, 0.25) is 5.91 Å². The number of phosphoric ester groups is 1. The first-order valence-corrected chi connectivity index (χ1v) is 13.3. The molecular formula is C20H30FN4O15P. The molecule has 19 nitrogen and oxygen atoms in total. The number of ether oxygens (including phenoxy) is 2. The van der Waals surface area contributed by atoms with Crippen LogP contribution >= 0.6 is 7.82 Å². The third-order valence-electron chi connectivity index (χ3n) is 6.29. The molecule has 2 aliphatic rings. The van der Waals surface area contributed by atoms with Crippen molar-refractivity contribution in [3.05, 3.63) is 22.7 Å². The lowest BCUT2D eigenvalue weighted by molar-refractivity contribution is -0.288. The number of nitrogen functional groups attached to an aromatic ring is 1. The van der Waals surface area contributed by atoms with Crippen LogP contribution in [0.25, 0.3) is 0 Å². The molecule has 1 amide bonds. The van der Waals surface area contributed by atoms with Crippen LogP contribution in [-0.2, 0) is 32.7 Å². The number of nitrogens with two attached hydrogens (primary N) is 1. The van der Waals surface area contributed by atoms with Crippen LogP contribution in [0.15, 0.2) is 17.1 Å². The van der Waals surface area contributed by atoms with Crippen LogP contribution < -0.4 is 16.7 Å². The van der Waals surface area contributed by atoms with E-state index in [9.17, 15) is 58.9 Å². The zero-order chi connectivity index (χ0) is 30.9. The van der Waals surface area contributed by atoms with Gasteiger partial charge >= 0.3 is 19.5 Å². The molecule has 0 bridgehead atoms. The van der Waals surface area contributed by atoms with E-state index in [1.54, 1.807) is 0 Å². The fraction of sp³-hybridized carbons (Fsp3) is 0.700. The number of hydrogen-bond acceptors (Lipinski definition) is 15. The third-order valence-corrected chi connectivity index (χ3v) is 7.29. The number of hydrogen-bond donors (Lipinski definition) is 9. The predicted molar refractivity (Wildman–Crippen MR) is 127 cm³/mol. The molecule has 0 aromatic carbocycles. The Bertz CT molecular complexity index is 1220. The summed E-state index contributed by atoms with van der Waals surface area (Å²) in [4.78, 5) is 49.5. The Balaban J connectivity index is 1.79. The van der Waals surface area contributed by atoms with E-state index in [1.165, 1.54) is 6.07 Å². The highest BCUT2D eigenvalue weighted by molar-refractivity contribution is 7.47. The summed E-state index contributed by atoms with van der Waals surface area (Å²) in [5.74, 6) is -6.31. The van der Waals surface area contributed by atoms with Gasteiger partial charge in [-0.1, -0.05) is 0 Å². The molecular weight excluding hydrogens is 586 g/mol. The summed E-state index contributed by atoms with van der Waals surface area (Å²) >= 11 is 0. The van der Waals surface area contributed by atoms with Crippen molar-refractivity contribution in [1.29, 1.82) is 0 Å². The zero-order valence-electron chi connectivity index (χ0n) is 21.2. The van der Waals surface area contributed by atoms with Crippen molar-refractivity contribution >= 4 is 25.5 Å². The number of carbonyl (C=O) groups excluding carboxylic acids is 1. The van der Waals surface area contributed by atoms with E-state index < -0.39 is 106 Å². The van der Waals surface area contributed by atoms with E-state index in [-0.39, 0.29) is 5.82 Å². The number of nitrogens with one attached hydrogen (secondary N) is 1. The van der Waals surface area contributed by atoms with Gasteiger partial charge < -0.3 is 56.1 Å². The van der Waals surface area contributed by atoms with Crippen molar-refractivity contribution in [2.24, 2.45) is 0 Å².